The van der Waals surface area contributed by atoms with E-state index in [4.69, 9.17) is 9.47 Å². The minimum Gasteiger partial charge on any atom is -0.466 e. The first-order valence-corrected chi connectivity index (χ1v) is 9.50. The van der Waals surface area contributed by atoms with Crippen molar-refractivity contribution in [2.45, 2.75) is 65.2 Å². The van der Waals surface area contributed by atoms with Crippen LogP contribution in [0.4, 0.5) is 0 Å². The first kappa shape index (κ1) is 20.3. The molecule has 0 aliphatic heterocycles. The third-order valence-electron chi connectivity index (χ3n) is 5.12. The van der Waals surface area contributed by atoms with Crippen LogP contribution in [0, 0.1) is 5.92 Å². The lowest BCUT2D eigenvalue weighted by atomic mass is 9.85. The van der Waals surface area contributed by atoms with Gasteiger partial charge >= 0.3 is 5.97 Å². The Morgan fingerprint density at radius 1 is 1.15 bits per heavy atom. The second-order valence-corrected chi connectivity index (χ2v) is 8.17. The summed E-state index contributed by atoms with van der Waals surface area (Å²) >= 11 is 0. The number of carbonyl (C=O) groups excluding carboxylic acids is 1. The summed E-state index contributed by atoms with van der Waals surface area (Å²) in [5.74, 6) is 1.23. The second kappa shape index (κ2) is 8.57. The number of ether oxygens (including phenoxy) is 2. The largest absolute Gasteiger partial charge is 0.466 e. The van der Waals surface area contributed by atoms with E-state index >= 15 is 0 Å². The molecule has 3 nitrogen and oxygen atoms in total. The summed E-state index contributed by atoms with van der Waals surface area (Å²) in [4.78, 5) is 12.1. The van der Waals surface area contributed by atoms with Crippen LogP contribution in [0.25, 0.3) is 5.76 Å². The van der Waals surface area contributed by atoms with Gasteiger partial charge in [-0.3, -0.25) is 0 Å². The van der Waals surface area contributed by atoms with Gasteiger partial charge in [0.2, 0.25) is 0 Å². The van der Waals surface area contributed by atoms with Gasteiger partial charge in [-0.2, -0.15) is 0 Å². The summed E-state index contributed by atoms with van der Waals surface area (Å²) in [7, 11) is 1.41. The fourth-order valence-corrected chi connectivity index (χ4v) is 3.44. The van der Waals surface area contributed by atoms with Crippen molar-refractivity contribution in [3.8, 4) is 0 Å². The van der Waals surface area contributed by atoms with Crippen molar-refractivity contribution in [3.63, 3.8) is 0 Å². The Balaban J connectivity index is 2.30. The van der Waals surface area contributed by atoms with Gasteiger partial charge < -0.3 is 9.47 Å². The molecule has 0 heterocycles. The number of rotatable bonds is 5. The lowest BCUT2D eigenvalue weighted by Gasteiger charge is -2.27. The summed E-state index contributed by atoms with van der Waals surface area (Å²) < 4.78 is 11.1. The molecule has 1 aromatic rings. The Kier molecular flexibility index (Phi) is 6.69. The minimum atomic E-state index is -0.332. The van der Waals surface area contributed by atoms with E-state index in [9.17, 15) is 4.79 Å². The van der Waals surface area contributed by atoms with Crippen molar-refractivity contribution in [2.75, 3.05) is 7.11 Å². The summed E-state index contributed by atoms with van der Waals surface area (Å²) in [6, 6.07) is 8.27. The molecule has 1 saturated carbocycles. The number of allylic oxidation sites excluding steroid dienone is 1. The second-order valence-electron chi connectivity index (χ2n) is 8.17. The lowest BCUT2D eigenvalue weighted by Crippen LogP contribution is -2.17. The van der Waals surface area contributed by atoms with E-state index in [0.717, 1.165) is 37.0 Å². The van der Waals surface area contributed by atoms with E-state index in [2.05, 4.69) is 39.5 Å². The topological polar surface area (TPSA) is 35.5 Å². The Morgan fingerprint density at radius 3 is 2.38 bits per heavy atom. The van der Waals surface area contributed by atoms with Crippen LogP contribution in [0.1, 0.15) is 70.9 Å². The standard InChI is InChI=1S/C23H32O3/c1-16(22(24)25-6)21(18-11-8-7-9-12-18)26-17(2)19-13-10-14-20(15-19)23(3,4)5/h10,13-15,18H,2,7-9,11-12H2,1,3-6H3/b21-16+. The average molecular weight is 357 g/mol. The number of hydrogen-bond acceptors (Lipinski definition) is 3. The molecule has 26 heavy (non-hydrogen) atoms. The highest BCUT2D eigenvalue weighted by Gasteiger charge is 2.25. The van der Waals surface area contributed by atoms with Crippen molar-refractivity contribution in [1.82, 2.24) is 0 Å². The van der Waals surface area contributed by atoms with Gasteiger partial charge in [-0.25, -0.2) is 4.79 Å². The maximum atomic E-state index is 12.1. The Labute approximate surface area is 158 Å². The molecule has 1 aliphatic rings. The molecule has 0 bridgehead atoms. The molecule has 142 valence electrons. The van der Waals surface area contributed by atoms with Crippen LogP contribution in [0.15, 0.2) is 42.2 Å². The van der Waals surface area contributed by atoms with Crippen LogP contribution in [0.5, 0.6) is 0 Å². The Hall–Kier alpha value is -2.03. The molecule has 1 fully saturated rings. The molecule has 1 aliphatic carbocycles. The molecular formula is C23H32O3. The molecule has 1 aromatic carbocycles. The van der Waals surface area contributed by atoms with E-state index in [0.29, 0.717) is 11.3 Å². The molecule has 0 atom stereocenters. The third-order valence-corrected chi connectivity index (χ3v) is 5.12. The zero-order valence-corrected chi connectivity index (χ0v) is 16.9. The molecule has 0 aromatic heterocycles. The van der Waals surface area contributed by atoms with Crippen LogP contribution < -0.4 is 0 Å². The van der Waals surface area contributed by atoms with E-state index in [1.165, 1.54) is 19.1 Å². The predicted molar refractivity (Wildman–Crippen MR) is 107 cm³/mol. The molecule has 2 rings (SSSR count). The SMILES string of the molecule is C=C(O/C(=C(\C)C(=O)OC)C1CCCCC1)c1cccc(C(C)(C)C)c1. The molecule has 0 N–H and O–H groups in total. The van der Waals surface area contributed by atoms with Gasteiger partial charge in [-0.15, -0.1) is 0 Å². The smallest absolute Gasteiger partial charge is 0.336 e. The van der Waals surface area contributed by atoms with Gasteiger partial charge in [0.05, 0.1) is 12.7 Å². The number of benzene rings is 1. The van der Waals surface area contributed by atoms with Crippen molar-refractivity contribution < 1.29 is 14.3 Å². The minimum absolute atomic E-state index is 0.0558. The van der Waals surface area contributed by atoms with E-state index < -0.39 is 0 Å². The average Bonchev–Trinajstić information content (AvgIpc) is 2.64. The van der Waals surface area contributed by atoms with Crippen molar-refractivity contribution in [3.05, 3.63) is 53.3 Å². The summed E-state index contributed by atoms with van der Waals surface area (Å²) in [5, 5.41) is 0. The van der Waals surface area contributed by atoms with Crippen LogP contribution in [-0.4, -0.2) is 13.1 Å². The summed E-state index contributed by atoms with van der Waals surface area (Å²) in [6.45, 7) is 12.5. The maximum Gasteiger partial charge on any atom is 0.336 e. The molecular weight excluding hydrogens is 324 g/mol. The number of methoxy groups -OCH3 is 1. The molecule has 0 spiro atoms. The lowest BCUT2D eigenvalue weighted by molar-refractivity contribution is -0.136. The highest BCUT2D eigenvalue weighted by atomic mass is 16.5. The van der Waals surface area contributed by atoms with Crippen molar-refractivity contribution >= 4 is 11.7 Å². The monoisotopic (exact) mass is 356 g/mol. The predicted octanol–water partition coefficient (Wildman–Crippen LogP) is 6.00. The molecule has 0 amide bonds. The van der Waals surface area contributed by atoms with Gasteiger partial charge in [0.25, 0.3) is 0 Å². The fraction of sp³-hybridized carbons (Fsp3) is 0.522. The maximum absolute atomic E-state index is 12.1. The number of esters is 1. The first-order chi connectivity index (χ1) is 12.2. The molecule has 0 saturated heterocycles. The van der Waals surface area contributed by atoms with Gasteiger partial charge in [-0.1, -0.05) is 64.8 Å². The van der Waals surface area contributed by atoms with Gasteiger partial charge in [0.15, 0.2) is 0 Å². The fourth-order valence-electron chi connectivity index (χ4n) is 3.44. The van der Waals surface area contributed by atoms with Crippen molar-refractivity contribution in [2.24, 2.45) is 5.92 Å². The van der Waals surface area contributed by atoms with Gasteiger partial charge in [-0.05, 0) is 36.8 Å². The Bertz CT molecular complexity index is 686. The van der Waals surface area contributed by atoms with E-state index in [1.54, 1.807) is 6.92 Å². The summed E-state index contributed by atoms with van der Waals surface area (Å²) in [5.41, 5.74) is 2.78. The number of carbonyl (C=O) groups is 1. The zero-order chi connectivity index (χ0) is 19.3. The zero-order valence-electron chi connectivity index (χ0n) is 16.9. The quantitative estimate of drug-likeness (QED) is 0.369. The molecule has 0 unspecified atom stereocenters. The van der Waals surface area contributed by atoms with Crippen molar-refractivity contribution in [1.29, 1.82) is 0 Å². The van der Waals surface area contributed by atoms with Crippen LogP contribution in [-0.2, 0) is 19.7 Å². The normalized spacial score (nSPS) is 16.7. The Morgan fingerprint density at radius 2 is 1.81 bits per heavy atom. The molecule has 3 heteroatoms. The van der Waals surface area contributed by atoms with Crippen LogP contribution in [0.3, 0.4) is 0 Å². The molecule has 0 radical (unpaired) electrons. The van der Waals surface area contributed by atoms with Gasteiger partial charge in [0.1, 0.15) is 11.5 Å². The highest BCUT2D eigenvalue weighted by molar-refractivity contribution is 5.88. The van der Waals surface area contributed by atoms with E-state index in [-0.39, 0.29) is 17.3 Å². The van der Waals surface area contributed by atoms with Gasteiger partial charge in [0, 0.05) is 11.5 Å². The number of hydrogen-bond donors (Lipinski definition) is 0. The summed E-state index contributed by atoms with van der Waals surface area (Å²) in [6.07, 6.45) is 5.66. The first-order valence-electron chi connectivity index (χ1n) is 9.50. The highest BCUT2D eigenvalue weighted by Crippen LogP contribution is 2.35. The third kappa shape index (κ3) is 5.00. The van der Waals surface area contributed by atoms with Crippen LogP contribution in [0.2, 0.25) is 0 Å². The van der Waals surface area contributed by atoms with Crippen LogP contribution >= 0.6 is 0 Å². The van der Waals surface area contributed by atoms with E-state index in [1.807, 2.05) is 12.1 Å².